The van der Waals surface area contributed by atoms with Gasteiger partial charge in [0.05, 0.1) is 38.7 Å². The number of nitrogens with zero attached hydrogens (tertiary/aromatic N) is 6. The maximum Gasteiger partial charge on any atom is 0.342 e. The van der Waals surface area contributed by atoms with Crippen molar-refractivity contribution in [3.8, 4) is 0 Å². The van der Waals surface area contributed by atoms with E-state index in [9.17, 15) is 19.8 Å². The Morgan fingerprint density at radius 3 is 1.56 bits per heavy atom. The molecule has 0 aliphatic heterocycles. The summed E-state index contributed by atoms with van der Waals surface area (Å²) in [5.74, 6) is 0. The van der Waals surface area contributed by atoms with Crippen molar-refractivity contribution in [3.63, 3.8) is 0 Å². The van der Waals surface area contributed by atoms with Gasteiger partial charge in [0.25, 0.3) is 0 Å². The Morgan fingerprint density at radius 2 is 1.14 bits per heavy atom. The molecule has 0 heterocycles. The van der Waals surface area contributed by atoms with Crippen LogP contribution >= 0.6 is 0 Å². The summed E-state index contributed by atoms with van der Waals surface area (Å²) in [7, 11) is 7.79. The van der Waals surface area contributed by atoms with Crippen molar-refractivity contribution in [2.75, 3.05) is 74.9 Å². The quantitative estimate of drug-likeness (QED) is 0.188. The van der Waals surface area contributed by atoms with E-state index in [4.69, 9.17) is 0 Å². The first kappa shape index (κ1) is 32.6. The van der Waals surface area contributed by atoms with Crippen LogP contribution in [0.4, 0.5) is 32.3 Å². The second-order valence-electron chi connectivity index (χ2n) is 10.0. The second-order valence-corrected chi connectivity index (χ2v) is 10.0. The van der Waals surface area contributed by atoms with Crippen LogP contribution in [0, 0.1) is 6.92 Å². The number of anilines is 4. The molecular formula is C31H40N8O4. The van der Waals surface area contributed by atoms with E-state index in [1.54, 1.807) is 30.6 Å². The first-order valence-corrected chi connectivity index (χ1v) is 13.7. The summed E-state index contributed by atoms with van der Waals surface area (Å²) in [6.07, 6.45) is 3.09. The molecular weight excluding hydrogens is 548 g/mol. The number of urea groups is 2. The number of aliphatic hydroxyl groups excluding tert-OH is 2. The normalized spacial score (nSPS) is 11.0. The summed E-state index contributed by atoms with van der Waals surface area (Å²) in [6.45, 7) is 1.23. The van der Waals surface area contributed by atoms with Crippen LogP contribution in [0.1, 0.15) is 16.7 Å². The third-order valence-electron chi connectivity index (χ3n) is 6.33. The first-order chi connectivity index (χ1) is 20.6. The molecule has 0 aliphatic carbocycles. The summed E-state index contributed by atoms with van der Waals surface area (Å²) in [4.78, 5) is 30.0. The summed E-state index contributed by atoms with van der Waals surface area (Å²) in [5, 5.41) is 35.3. The van der Waals surface area contributed by atoms with E-state index < -0.39 is 12.1 Å². The number of rotatable bonds is 12. The fourth-order valence-electron chi connectivity index (χ4n) is 3.80. The first-order valence-electron chi connectivity index (χ1n) is 13.7. The fraction of sp³-hybridized carbons (Fsp3) is 0.290. The topological polar surface area (TPSA) is 136 Å². The Balaban J connectivity index is 1.69. The van der Waals surface area contributed by atoms with E-state index in [2.05, 4.69) is 20.8 Å². The van der Waals surface area contributed by atoms with E-state index in [-0.39, 0.29) is 26.3 Å². The second kappa shape index (κ2) is 15.9. The smallest absolute Gasteiger partial charge is 0.342 e. The molecule has 43 heavy (non-hydrogen) atoms. The molecule has 0 unspecified atom stereocenters. The van der Waals surface area contributed by atoms with Crippen molar-refractivity contribution in [2.24, 2.45) is 10.2 Å². The molecule has 0 atom stereocenters. The average Bonchev–Trinajstić information content (AvgIpc) is 2.99. The number of carbonyl (C=O) groups excluding carboxylic acids is 2. The SMILES string of the molecule is Cc1ccc(NC(=O)N(CCO)/N=C/c2ccc(N(C)C)cc2)cc1NC(=O)N(CCO)/N=C/c1ccc(N(C)C)cc1. The molecule has 3 aromatic rings. The van der Waals surface area contributed by atoms with Crippen molar-refractivity contribution in [2.45, 2.75) is 6.92 Å². The lowest BCUT2D eigenvalue weighted by Gasteiger charge is -2.19. The Hall–Kier alpha value is -4.94. The molecule has 4 amide bonds. The van der Waals surface area contributed by atoms with Crippen molar-refractivity contribution in [1.29, 1.82) is 0 Å². The zero-order valence-corrected chi connectivity index (χ0v) is 25.2. The highest BCUT2D eigenvalue weighted by Gasteiger charge is 2.16. The Bertz CT molecular complexity index is 1410. The highest BCUT2D eigenvalue weighted by atomic mass is 16.3. The van der Waals surface area contributed by atoms with Crippen LogP contribution in [0.5, 0.6) is 0 Å². The lowest BCUT2D eigenvalue weighted by atomic mass is 10.2. The third kappa shape index (κ3) is 9.83. The van der Waals surface area contributed by atoms with Gasteiger partial charge in [-0.3, -0.25) is 0 Å². The molecule has 12 nitrogen and oxygen atoms in total. The van der Waals surface area contributed by atoms with Gasteiger partial charge in [-0.05, 0) is 60.0 Å². The van der Waals surface area contributed by atoms with Crippen LogP contribution < -0.4 is 20.4 Å². The van der Waals surface area contributed by atoms with Gasteiger partial charge in [-0.15, -0.1) is 0 Å². The molecule has 0 bridgehead atoms. The summed E-state index contributed by atoms with van der Waals surface area (Å²) in [5.41, 5.74) is 5.28. The van der Waals surface area contributed by atoms with Crippen molar-refractivity contribution >= 4 is 47.2 Å². The van der Waals surface area contributed by atoms with Gasteiger partial charge < -0.3 is 30.6 Å². The maximum atomic E-state index is 13.1. The van der Waals surface area contributed by atoms with Gasteiger partial charge in [-0.2, -0.15) is 10.2 Å². The van der Waals surface area contributed by atoms with Crippen LogP contribution in [0.15, 0.2) is 76.9 Å². The summed E-state index contributed by atoms with van der Waals surface area (Å²) in [6, 6.07) is 19.3. The largest absolute Gasteiger partial charge is 0.394 e. The molecule has 0 aliphatic rings. The standard InChI is InChI=1S/C31H40N8O4/c1-23-6-11-26(34-30(42)38(16-18-40)32-21-24-7-12-27(13-8-24)36(2)3)20-29(23)35-31(43)39(17-19-41)33-22-25-9-14-28(15-10-25)37(4)5/h6-15,20-22,40-41H,16-19H2,1-5H3,(H,34,42)(H,35,43)/b32-21+,33-22+. The number of aliphatic hydroxyl groups is 2. The van der Waals surface area contributed by atoms with E-state index >= 15 is 0 Å². The van der Waals surface area contributed by atoms with Gasteiger partial charge in [-0.25, -0.2) is 19.6 Å². The number of hydrogen-bond donors (Lipinski definition) is 4. The number of hydrazone groups is 2. The minimum absolute atomic E-state index is 0.0143. The van der Waals surface area contributed by atoms with Crippen molar-refractivity contribution in [1.82, 2.24) is 10.0 Å². The van der Waals surface area contributed by atoms with Crippen LogP contribution in [-0.4, -0.2) is 99.2 Å². The number of hydrogen-bond acceptors (Lipinski definition) is 8. The van der Waals surface area contributed by atoms with E-state index in [1.807, 2.05) is 93.4 Å². The Labute approximate surface area is 252 Å². The zero-order valence-electron chi connectivity index (χ0n) is 25.2. The number of carbonyl (C=O) groups is 2. The minimum Gasteiger partial charge on any atom is -0.394 e. The fourth-order valence-corrected chi connectivity index (χ4v) is 3.80. The van der Waals surface area contributed by atoms with Gasteiger partial charge in [0.15, 0.2) is 0 Å². The van der Waals surface area contributed by atoms with E-state index in [0.717, 1.165) is 38.1 Å². The number of amides is 4. The van der Waals surface area contributed by atoms with Crippen molar-refractivity contribution < 1.29 is 19.8 Å². The van der Waals surface area contributed by atoms with Gasteiger partial charge in [0, 0.05) is 50.9 Å². The molecule has 0 aromatic heterocycles. The minimum atomic E-state index is -0.553. The predicted molar refractivity (Wildman–Crippen MR) is 174 cm³/mol. The summed E-state index contributed by atoms with van der Waals surface area (Å²) < 4.78 is 0. The highest BCUT2D eigenvalue weighted by Crippen LogP contribution is 2.21. The van der Waals surface area contributed by atoms with E-state index in [0.29, 0.717) is 11.4 Å². The lowest BCUT2D eigenvalue weighted by Crippen LogP contribution is -2.34. The van der Waals surface area contributed by atoms with Gasteiger partial charge in [0.1, 0.15) is 0 Å². The van der Waals surface area contributed by atoms with Gasteiger partial charge >= 0.3 is 12.1 Å². The number of benzene rings is 3. The molecule has 228 valence electrons. The van der Waals surface area contributed by atoms with Crippen LogP contribution in [0.2, 0.25) is 0 Å². The van der Waals surface area contributed by atoms with Crippen LogP contribution in [0.3, 0.4) is 0 Å². The highest BCUT2D eigenvalue weighted by molar-refractivity contribution is 5.94. The van der Waals surface area contributed by atoms with Crippen LogP contribution in [-0.2, 0) is 0 Å². The maximum absolute atomic E-state index is 13.1. The molecule has 3 aromatic carbocycles. The Kier molecular flexibility index (Phi) is 12.0. The van der Waals surface area contributed by atoms with Crippen molar-refractivity contribution in [3.05, 3.63) is 83.4 Å². The molecule has 0 radical (unpaired) electrons. The molecule has 0 saturated heterocycles. The third-order valence-corrected chi connectivity index (χ3v) is 6.33. The molecule has 0 fully saturated rings. The summed E-state index contributed by atoms with van der Waals surface area (Å²) >= 11 is 0. The molecule has 4 N–H and O–H groups in total. The molecule has 3 rings (SSSR count). The average molecular weight is 589 g/mol. The van der Waals surface area contributed by atoms with E-state index in [1.165, 1.54) is 0 Å². The lowest BCUT2D eigenvalue weighted by molar-refractivity contribution is 0.191. The number of nitrogens with one attached hydrogen (secondary N) is 2. The predicted octanol–water partition coefficient (Wildman–Crippen LogP) is 3.85. The molecule has 0 spiro atoms. The van der Waals surface area contributed by atoms with Gasteiger partial charge in [0.2, 0.25) is 0 Å². The number of aryl methyl sites for hydroxylation is 1. The zero-order chi connectivity index (χ0) is 31.4. The van der Waals surface area contributed by atoms with Crippen LogP contribution in [0.25, 0.3) is 0 Å². The molecule has 12 heteroatoms. The molecule has 0 saturated carbocycles. The monoisotopic (exact) mass is 588 g/mol. The Morgan fingerprint density at radius 1 is 0.698 bits per heavy atom. The van der Waals surface area contributed by atoms with Gasteiger partial charge in [-0.1, -0.05) is 30.3 Å².